The van der Waals surface area contributed by atoms with Crippen LogP contribution in [0.3, 0.4) is 0 Å². The van der Waals surface area contributed by atoms with Crippen molar-refractivity contribution in [3.05, 3.63) is 0 Å². The van der Waals surface area contributed by atoms with E-state index in [9.17, 15) is 0 Å². The molecule has 3 rings (SSSR count). The Kier molecular flexibility index (Phi) is 3.21. The molecule has 2 nitrogen and oxygen atoms in total. The molecule has 2 bridgehead atoms. The fourth-order valence-electron chi connectivity index (χ4n) is 4.32. The zero-order valence-electron chi connectivity index (χ0n) is 10.6. The van der Waals surface area contributed by atoms with Gasteiger partial charge >= 0.3 is 0 Å². The van der Waals surface area contributed by atoms with Crippen molar-refractivity contribution in [1.82, 2.24) is 10.2 Å². The predicted molar refractivity (Wildman–Crippen MR) is 67.6 cm³/mol. The zero-order chi connectivity index (χ0) is 11.0. The van der Waals surface area contributed by atoms with Gasteiger partial charge in [-0.15, -0.1) is 0 Å². The Morgan fingerprint density at radius 1 is 1.06 bits per heavy atom. The average Bonchev–Trinajstić information content (AvgIpc) is 2.55. The van der Waals surface area contributed by atoms with Gasteiger partial charge in [0.1, 0.15) is 0 Å². The largest absolute Gasteiger partial charge is 0.314 e. The molecule has 0 spiro atoms. The molecular formula is C14H26N2. The summed E-state index contributed by atoms with van der Waals surface area (Å²) in [7, 11) is 2.36. The molecule has 2 heteroatoms. The maximum absolute atomic E-state index is 3.72. The van der Waals surface area contributed by atoms with Crippen LogP contribution in [0.5, 0.6) is 0 Å². The van der Waals surface area contributed by atoms with Crippen molar-refractivity contribution in [1.29, 1.82) is 0 Å². The number of piperidine rings is 2. The summed E-state index contributed by atoms with van der Waals surface area (Å²) in [5.41, 5.74) is 0. The second-order valence-electron chi connectivity index (χ2n) is 6.18. The lowest BCUT2D eigenvalue weighted by atomic mass is 9.83. The Balaban J connectivity index is 1.57. The van der Waals surface area contributed by atoms with Crippen LogP contribution in [0.25, 0.3) is 0 Å². The van der Waals surface area contributed by atoms with Gasteiger partial charge in [0.2, 0.25) is 0 Å². The number of nitrogens with zero attached hydrogens (tertiary/aromatic N) is 1. The Labute approximate surface area is 99.8 Å². The molecule has 3 fully saturated rings. The van der Waals surface area contributed by atoms with E-state index in [0.29, 0.717) is 0 Å². The molecule has 0 radical (unpaired) electrons. The van der Waals surface area contributed by atoms with Crippen LogP contribution >= 0.6 is 0 Å². The van der Waals surface area contributed by atoms with Gasteiger partial charge in [0.25, 0.3) is 0 Å². The van der Waals surface area contributed by atoms with Crippen molar-refractivity contribution < 1.29 is 0 Å². The smallest absolute Gasteiger partial charge is 0.0125 e. The second kappa shape index (κ2) is 4.66. The van der Waals surface area contributed by atoms with E-state index < -0.39 is 0 Å². The molecule has 92 valence electrons. The molecule has 3 aliphatic heterocycles. The Morgan fingerprint density at radius 3 is 2.75 bits per heavy atom. The number of hydrogen-bond donors (Lipinski definition) is 1. The lowest BCUT2D eigenvalue weighted by Gasteiger charge is -2.39. The van der Waals surface area contributed by atoms with Gasteiger partial charge in [-0.25, -0.2) is 0 Å². The highest BCUT2D eigenvalue weighted by Gasteiger charge is 2.40. The van der Waals surface area contributed by atoms with Gasteiger partial charge in [-0.2, -0.15) is 0 Å². The number of hydrogen-bond acceptors (Lipinski definition) is 2. The van der Waals surface area contributed by atoms with Crippen LogP contribution in [0.2, 0.25) is 0 Å². The second-order valence-corrected chi connectivity index (χ2v) is 6.18. The number of fused-ring (bicyclic) bond motifs is 2. The molecule has 0 aromatic carbocycles. The first kappa shape index (κ1) is 11.0. The van der Waals surface area contributed by atoms with Gasteiger partial charge < -0.3 is 10.2 Å². The minimum Gasteiger partial charge on any atom is -0.314 e. The highest BCUT2D eigenvalue weighted by molar-refractivity contribution is 4.96. The first-order chi connectivity index (χ1) is 7.84. The van der Waals surface area contributed by atoms with E-state index in [0.717, 1.165) is 24.0 Å². The lowest BCUT2D eigenvalue weighted by molar-refractivity contribution is 0.105. The fourth-order valence-corrected chi connectivity index (χ4v) is 4.32. The van der Waals surface area contributed by atoms with Crippen molar-refractivity contribution in [3.63, 3.8) is 0 Å². The fraction of sp³-hybridized carbons (Fsp3) is 1.00. The minimum absolute atomic E-state index is 0.837. The summed E-state index contributed by atoms with van der Waals surface area (Å²) in [4.78, 5) is 2.69. The van der Waals surface area contributed by atoms with Gasteiger partial charge in [0, 0.05) is 18.1 Å². The maximum Gasteiger partial charge on any atom is 0.0125 e. The molecule has 0 amide bonds. The van der Waals surface area contributed by atoms with Crippen molar-refractivity contribution >= 4 is 0 Å². The number of nitrogens with one attached hydrogen (secondary N) is 1. The molecule has 0 saturated carbocycles. The van der Waals surface area contributed by atoms with E-state index in [-0.39, 0.29) is 0 Å². The SMILES string of the molecule is CN1[C@H]2CC[C@@H](C[C@H]3CCCCN3)[C@H]1CC2. The highest BCUT2D eigenvalue weighted by Crippen LogP contribution is 2.40. The molecule has 3 aliphatic rings. The average molecular weight is 222 g/mol. The third-order valence-electron chi connectivity index (χ3n) is 5.31. The molecule has 0 aromatic rings. The van der Waals surface area contributed by atoms with Crippen molar-refractivity contribution in [2.45, 2.75) is 69.5 Å². The summed E-state index contributed by atoms with van der Waals surface area (Å²) in [5, 5.41) is 3.72. The van der Waals surface area contributed by atoms with Crippen LogP contribution in [-0.2, 0) is 0 Å². The van der Waals surface area contributed by atoms with E-state index in [1.165, 1.54) is 57.9 Å². The van der Waals surface area contributed by atoms with Gasteiger partial charge in [-0.05, 0) is 64.5 Å². The van der Waals surface area contributed by atoms with Crippen LogP contribution in [-0.4, -0.2) is 36.6 Å². The molecule has 0 unspecified atom stereocenters. The quantitative estimate of drug-likeness (QED) is 0.772. The Hall–Kier alpha value is -0.0800. The molecule has 3 saturated heterocycles. The van der Waals surface area contributed by atoms with Crippen LogP contribution in [0.4, 0.5) is 0 Å². The zero-order valence-corrected chi connectivity index (χ0v) is 10.6. The number of rotatable bonds is 2. The first-order valence-electron chi connectivity index (χ1n) is 7.30. The predicted octanol–water partition coefficient (Wildman–Crippen LogP) is 2.39. The van der Waals surface area contributed by atoms with Crippen LogP contribution < -0.4 is 5.32 Å². The third kappa shape index (κ3) is 2.02. The van der Waals surface area contributed by atoms with Crippen molar-refractivity contribution in [2.24, 2.45) is 5.92 Å². The summed E-state index contributed by atoms with van der Waals surface area (Å²) in [6.45, 7) is 1.26. The van der Waals surface area contributed by atoms with Crippen molar-refractivity contribution in [2.75, 3.05) is 13.6 Å². The van der Waals surface area contributed by atoms with Gasteiger partial charge in [0.05, 0.1) is 0 Å². The molecule has 0 aliphatic carbocycles. The monoisotopic (exact) mass is 222 g/mol. The molecule has 1 N–H and O–H groups in total. The van der Waals surface area contributed by atoms with Crippen LogP contribution in [0, 0.1) is 5.92 Å². The summed E-state index contributed by atoms with van der Waals surface area (Å²) in [5.74, 6) is 0.986. The normalized spacial score (nSPS) is 44.8. The van der Waals surface area contributed by atoms with Crippen LogP contribution in [0.15, 0.2) is 0 Å². The standard InChI is InChI=1S/C14H26N2/c1-16-13-6-5-11(14(16)8-7-13)10-12-4-2-3-9-15-12/h11-15H,2-10H2,1H3/t11-,12+,13-,14+/m0/s1. The molecule has 3 heterocycles. The van der Waals surface area contributed by atoms with Crippen LogP contribution in [0.1, 0.15) is 51.4 Å². The maximum atomic E-state index is 3.72. The summed E-state index contributed by atoms with van der Waals surface area (Å²) in [6, 6.07) is 2.69. The summed E-state index contributed by atoms with van der Waals surface area (Å²) in [6.07, 6.45) is 11.6. The lowest BCUT2D eigenvalue weighted by Crippen LogP contribution is -2.45. The van der Waals surface area contributed by atoms with E-state index in [2.05, 4.69) is 17.3 Å². The highest BCUT2D eigenvalue weighted by atomic mass is 15.2. The van der Waals surface area contributed by atoms with Crippen molar-refractivity contribution in [3.8, 4) is 0 Å². The topological polar surface area (TPSA) is 15.3 Å². The first-order valence-corrected chi connectivity index (χ1v) is 7.30. The minimum atomic E-state index is 0.837. The summed E-state index contributed by atoms with van der Waals surface area (Å²) >= 11 is 0. The van der Waals surface area contributed by atoms with E-state index in [1.54, 1.807) is 0 Å². The Morgan fingerprint density at radius 2 is 1.94 bits per heavy atom. The summed E-state index contributed by atoms with van der Waals surface area (Å²) < 4.78 is 0. The Bertz CT molecular complexity index is 235. The van der Waals surface area contributed by atoms with Gasteiger partial charge in [-0.3, -0.25) is 0 Å². The molecule has 4 atom stereocenters. The van der Waals surface area contributed by atoms with Gasteiger partial charge in [0.15, 0.2) is 0 Å². The molecular weight excluding hydrogens is 196 g/mol. The molecule has 0 aromatic heterocycles. The van der Waals surface area contributed by atoms with E-state index in [4.69, 9.17) is 0 Å². The van der Waals surface area contributed by atoms with E-state index >= 15 is 0 Å². The molecule has 16 heavy (non-hydrogen) atoms. The van der Waals surface area contributed by atoms with Gasteiger partial charge in [-0.1, -0.05) is 6.42 Å². The van der Waals surface area contributed by atoms with E-state index in [1.807, 2.05) is 0 Å². The third-order valence-corrected chi connectivity index (χ3v) is 5.31.